The summed E-state index contributed by atoms with van der Waals surface area (Å²) in [5.41, 5.74) is 0.963. The molecule has 1 aliphatic heterocycles. The van der Waals surface area contributed by atoms with Gasteiger partial charge in [-0.15, -0.1) is 0 Å². The summed E-state index contributed by atoms with van der Waals surface area (Å²) in [7, 11) is 1.54. The number of nitrogens with zero attached hydrogens (tertiary/aromatic N) is 1. The molecule has 1 heterocycles. The van der Waals surface area contributed by atoms with Gasteiger partial charge < -0.3 is 14.7 Å². The van der Waals surface area contributed by atoms with Crippen LogP contribution in [0.15, 0.2) is 11.6 Å². The van der Waals surface area contributed by atoms with Crippen molar-refractivity contribution in [3.05, 3.63) is 11.6 Å². The molecule has 1 rings (SSSR count). The summed E-state index contributed by atoms with van der Waals surface area (Å²) in [5, 5.41) is 9.50. The lowest BCUT2D eigenvalue weighted by atomic mass is 10.3. The van der Waals surface area contributed by atoms with E-state index >= 15 is 0 Å². The number of ether oxygens (including phenoxy) is 1. The smallest absolute Gasteiger partial charge is 0.246 e. The van der Waals surface area contributed by atoms with Crippen LogP contribution in [0.1, 0.15) is 13.8 Å². The number of amides is 1. The molecule has 0 saturated carbocycles. The molecule has 1 saturated heterocycles. The van der Waals surface area contributed by atoms with Gasteiger partial charge in [-0.05, 0) is 13.8 Å². The number of aliphatic hydroxyl groups is 1. The van der Waals surface area contributed by atoms with E-state index in [0.29, 0.717) is 13.1 Å². The quantitative estimate of drug-likeness (QED) is 0.645. The van der Waals surface area contributed by atoms with Gasteiger partial charge in [-0.3, -0.25) is 4.79 Å². The van der Waals surface area contributed by atoms with Gasteiger partial charge in [0.15, 0.2) is 0 Å². The van der Waals surface area contributed by atoms with Crippen molar-refractivity contribution in [1.82, 2.24) is 4.90 Å². The first-order valence-corrected chi connectivity index (χ1v) is 4.69. The Labute approximate surface area is 84.2 Å². The molecular formula is C10H17NO3. The van der Waals surface area contributed by atoms with E-state index < -0.39 is 6.10 Å². The van der Waals surface area contributed by atoms with E-state index in [2.05, 4.69) is 0 Å². The highest BCUT2D eigenvalue weighted by molar-refractivity contribution is 5.88. The summed E-state index contributed by atoms with van der Waals surface area (Å²) in [4.78, 5) is 13.1. The maximum atomic E-state index is 11.5. The Balaban J connectivity index is 2.57. The number of β-amino-alcohol motifs (C(OH)–C–C–N with tert-alkyl or cyclic N) is 1. The molecule has 1 amide bonds. The van der Waals surface area contributed by atoms with Crippen molar-refractivity contribution in [2.75, 3.05) is 20.2 Å². The Morgan fingerprint density at radius 3 is 2.57 bits per heavy atom. The number of carbonyl (C=O) groups is 1. The monoisotopic (exact) mass is 199 g/mol. The Kier molecular flexibility index (Phi) is 3.66. The summed E-state index contributed by atoms with van der Waals surface area (Å²) in [6.07, 6.45) is 0.768. The fourth-order valence-corrected chi connectivity index (χ4v) is 1.51. The van der Waals surface area contributed by atoms with E-state index in [4.69, 9.17) is 4.74 Å². The van der Waals surface area contributed by atoms with Crippen LogP contribution >= 0.6 is 0 Å². The number of rotatable bonds is 2. The largest absolute Gasteiger partial charge is 0.388 e. The fourth-order valence-electron chi connectivity index (χ4n) is 1.51. The highest BCUT2D eigenvalue weighted by atomic mass is 16.5. The predicted molar refractivity (Wildman–Crippen MR) is 52.8 cm³/mol. The van der Waals surface area contributed by atoms with E-state index in [0.717, 1.165) is 5.57 Å². The minimum atomic E-state index is -0.561. The standard InChI is InChI=1S/C10H17NO3/c1-7(2)4-10(13)11-5-8(12)9(6-11)14-3/h4,8-9,12H,5-6H2,1-3H3/t8-,9-/m1/s1. The van der Waals surface area contributed by atoms with Crippen molar-refractivity contribution < 1.29 is 14.6 Å². The molecule has 80 valence electrons. The lowest BCUT2D eigenvalue weighted by Gasteiger charge is -2.13. The second kappa shape index (κ2) is 4.57. The Morgan fingerprint density at radius 2 is 2.14 bits per heavy atom. The van der Waals surface area contributed by atoms with Gasteiger partial charge in [0.05, 0.1) is 6.10 Å². The number of aliphatic hydroxyl groups excluding tert-OH is 1. The summed E-state index contributed by atoms with van der Waals surface area (Å²) < 4.78 is 5.04. The molecule has 0 radical (unpaired) electrons. The van der Waals surface area contributed by atoms with Crippen molar-refractivity contribution in [1.29, 1.82) is 0 Å². The highest BCUT2D eigenvalue weighted by Gasteiger charge is 2.33. The molecule has 4 nitrogen and oxygen atoms in total. The van der Waals surface area contributed by atoms with Gasteiger partial charge in [-0.1, -0.05) is 5.57 Å². The van der Waals surface area contributed by atoms with Gasteiger partial charge in [0, 0.05) is 26.3 Å². The van der Waals surface area contributed by atoms with Crippen LogP contribution in [-0.4, -0.2) is 48.3 Å². The summed E-state index contributed by atoms with van der Waals surface area (Å²) in [6.45, 7) is 4.58. The zero-order valence-corrected chi connectivity index (χ0v) is 8.86. The SMILES string of the molecule is CO[C@@H]1CN(C(=O)C=C(C)C)C[C@H]1O. The second-order valence-corrected chi connectivity index (χ2v) is 3.81. The maximum absolute atomic E-state index is 11.5. The van der Waals surface area contributed by atoms with Crippen LogP contribution in [0.5, 0.6) is 0 Å². The van der Waals surface area contributed by atoms with Gasteiger partial charge >= 0.3 is 0 Å². The van der Waals surface area contributed by atoms with E-state index in [1.165, 1.54) is 0 Å². The van der Waals surface area contributed by atoms with Crippen LogP contribution < -0.4 is 0 Å². The Hall–Kier alpha value is -0.870. The molecule has 0 aromatic rings. The number of carbonyl (C=O) groups excluding carboxylic acids is 1. The second-order valence-electron chi connectivity index (χ2n) is 3.81. The lowest BCUT2D eigenvalue weighted by Crippen LogP contribution is -2.28. The van der Waals surface area contributed by atoms with Crippen LogP contribution in [0.2, 0.25) is 0 Å². The minimum Gasteiger partial charge on any atom is -0.388 e. The Morgan fingerprint density at radius 1 is 1.50 bits per heavy atom. The number of hydrogen-bond donors (Lipinski definition) is 1. The van der Waals surface area contributed by atoms with Crippen LogP contribution in [0.25, 0.3) is 0 Å². The van der Waals surface area contributed by atoms with Gasteiger partial charge in [-0.25, -0.2) is 0 Å². The molecule has 0 spiro atoms. The number of hydrogen-bond acceptors (Lipinski definition) is 3. The average Bonchev–Trinajstić information content (AvgIpc) is 2.45. The summed E-state index contributed by atoms with van der Waals surface area (Å²) >= 11 is 0. The molecule has 0 aromatic carbocycles. The van der Waals surface area contributed by atoms with Crippen LogP contribution in [-0.2, 0) is 9.53 Å². The third-order valence-electron chi connectivity index (χ3n) is 2.26. The molecule has 2 atom stereocenters. The number of allylic oxidation sites excluding steroid dienone is 1. The molecule has 0 bridgehead atoms. The predicted octanol–water partition coefficient (Wildman–Crippen LogP) is 0.171. The molecule has 1 N–H and O–H groups in total. The molecule has 4 heteroatoms. The van der Waals surface area contributed by atoms with Crippen LogP contribution in [0.4, 0.5) is 0 Å². The minimum absolute atomic E-state index is 0.0522. The van der Waals surface area contributed by atoms with E-state index in [-0.39, 0.29) is 12.0 Å². The van der Waals surface area contributed by atoms with Crippen LogP contribution in [0, 0.1) is 0 Å². The molecule has 14 heavy (non-hydrogen) atoms. The normalized spacial score (nSPS) is 26.4. The first kappa shape index (κ1) is 11.2. The highest BCUT2D eigenvalue weighted by Crippen LogP contribution is 2.13. The summed E-state index contributed by atoms with van der Waals surface area (Å²) in [5.74, 6) is -0.0522. The van der Waals surface area contributed by atoms with E-state index in [1.54, 1.807) is 18.1 Å². The first-order valence-electron chi connectivity index (χ1n) is 4.69. The van der Waals surface area contributed by atoms with Gasteiger partial charge in [0.1, 0.15) is 6.10 Å². The zero-order chi connectivity index (χ0) is 10.7. The third-order valence-corrected chi connectivity index (χ3v) is 2.26. The summed E-state index contributed by atoms with van der Waals surface area (Å²) in [6, 6.07) is 0. The van der Waals surface area contributed by atoms with Gasteiger partial charge in [0.2, 0.25) is 5.91 Å². The third kappa shape index (κ3) is 2.56. The van der Waals surface area contributed by atoms with Crippen molar-refractivity contribution in [2.45, 2.75) is 26.1 Å². The van der Waals surface area contributed by atoms with Gasteiger partial charge in [0.25, 0.3) is 0 Å². The van der Waals surface area contributed by atoms with E-state index in [1.807, 2.05) is 13.8 Å². The molecule has 1 aliphatic rings. The van der Waals surface area contributed by atoms with Crippen molar-refractivity contribution in [3.63, 3.8) is 0 Å². The first-order chi connectivity index (χ1) is 6.54. The molecule has 0 aromatic heterocycles. The average molecular weight is 199 g/mol. The molecule has 0 aliphatic carbocycles. The van der Waals surface area contributed by atoms with Crippen molar-refractivity contribution >= 4 is 5.91 Å². The van der Waals surface area contributed by atoms with Crippen molar-refractivity contribution in [3.8, 4) is 0 Å². The van der Waals surface area contributed by atoms with E-state index in [9.17, 15) is 9.90 Å². The number of methoxy groups -OCH3 is 1. The fraction of sp³-hybridized carbons (Fsp3) is 0.700. The zero-order valence-electron chi connectivity index (χ0n) is 8.86. The molecule has 1 fully saturated rings. The van der Waals surface area contributed by atoms with Gasteiger partial charge in [-0.2, -0.15) is 0 Å². The lowest BCUT2D eigenvalue weighted by molar-refractivity contribution is -0.125. The number of likely N-dealkylation sites (tertiary alicyclic amines) is 1. The molecule has 0 unspecified atom stereocenters. The molecular weight excluding hydrogens is 182 g/mol. The Bertz CT molecular complexity index is 246. The maximum Gasteiger partial charge on any atom is 0.246 e. The van der Waals surface area contributed by atoms with Crippen molar-refractivity contribution in [2.24, 2.45) is 0 Å². The topological polar surface area (TPSA) is 49.8 Å². The van der Waals surface area contributed by atoms with Crippen LogP contribution in [0.3, 0.4) is 0 Å².